The molecule has 1 aromatic heterocycles. The molecule has 0 spiro atoms. The van der Waals surface area contributed by atoms with E-state index in [0.717, 1.165) is 33.7 Å². The second-order valence-corrected chi connectivity index (χ2v) is 4.96. The summed E-state index contributed by atoms with van der Waals surface area (Å²) in [6, 6.07) is 16.4. The molecular formula is C17H13NO2. The van der Waals surface area contributed by atoms with Gasteiger partial charge in [-0.2, -0.15) is 0 Å². The van der Waals surface area contributed by atoms with Crippen LogP contribution in [0.3, 0.4) is 0 Å². The molecule has 2 aromatic carbocycles. The van der Waals surface area contributed by atoms with Crippen LogP contribution >= 0.6 is 0 Å². The van der Waals surface area contributed by atoms with Crippen LogP contribution in [0.5, 0.6) is 11.5 Å². The maximum Gasteiger partial charge on any atom is 0.231 e. The molecule has 20 heavy (non-hydrogen) atoms. The summed E-state index contributed by atoms with van der Waals surface area (Å²) < 4.78 is 10.7. The fraction of sp³-hybridized carbons (Fsp3) is 0.118. The number of aromatic nitrogens is 1. The number of pyridine rings is 1. The van der Waals surface area contributed by atoms with E-state index in [1.54, 1.807) is 0 Å². The Morgan fingerprint density at radius 2 is 1.75 bits per heavy atom. The predicted molar refractivity (Wildman–Crippen MR) is 78.0 cm³/mol. The Kier molecular flexibility index (Phi) is 2.39. The number of aryl methyl sites for hydroxylation is 1. The molecule has 2 heterocycles. The molecule has 4 rings (SSSR count). The number of ether oxygens (including phenoxy) is 2. The van der Waals surface area contributed by atoms with Crippen molar-refractivity contribution in [1.29, 1.82) is 0 Å². The third-order valence-corrected chi connectivity index (χ3v) is 3.52. The summed E-state index contributed by atoms with van der Waals surface area (Å²) in [6.45, 7) is 2.37. The number of hydrogen-bond donors (Lipinski definition) is 0. The van der Waals surface area contributed by atoms with Crippen LogP contribution < -0.4 is 9.47 Å². The van der Waals surface area contributed by atoms with Gasteiger partial charge in [0, 0.05) is 10.9 Å². The fourth-order valence-corrected chi connectivity index (χ4v) is 2.44. The van der Waals surface area contributed by atoms with Crippen molar-refractivity contribution in [2.75, 3.05) is 6.79 Å². The summed E-state index contributed by atoms with van der Waals surface area (Å²) in [7, 11) is 0. The van der Waals surface area contributed by atoms with Gasteiger partial charge in [0.1, 0.15) is 0 Å². The van der Waals surface area contributed by atoms with Gasteiger partial charge in [0.15, 0.2) is 11.5 Å². The third kappa shape index (κ3) is 1.79. The van der Waals surface area contributed by atoms with Crippen molar-refractivity contribution >= 4 is 10.9 Å². The first-order valence-electron chi connectivity index (χ1n) is 6.57. The highest BCUT2D eigenvalue weighted by Crippen LogP contribution is 2.35. The predicted octanol–water partition coefficient (Wildman–Crippen LogP) is 3.94. The first kappa shape index (κ1) is 11.3. The lowest BCUT2D eigenvalue weighted by atomic mass is 10.1. The molecule has 0 bridgehead atoms. The number of fused-ring (bicyclic) bond motifs is 2. The van der Waals surface area contributed by atoms with Crippen molar-refractivity contribution in [1.82, 2.24) is 4.98 Å². The molecule has 0 saturated carbocycles. The van der Waals surface area contributed by atoms with Crippen LogP contribution in [-0.2, 0) is 0 Å². The van der Waals surface area contributed by atoms with E-state index in [-0.39, 0.29) is 0 Å². The first-order chi connectivity index (χ1) is 9.79. The van der Waals surface area contributed by atoms with E-state index >= 15 is 0 Å². The zero-order valence-electron chi connectivity index (χ0n) is 11.1. The zero-order valence-corrected chi connectivity index (χ0v) is 11.1. The van der Waals surface area contributed by atoms with Crippen molar-refractivity contribution in [3.63, 3.8) is 0 Å². The minimum Gasteiger partial charge on any atom is -0.454 e. The van der Waals surface area contributed by atoms with E-state index < -0.39 is 0 Å². The molecule has 0 saturated heterocycles. The Bertz CT molecular complexity index is 811. The lowest BCUT2D eigenvalue weighted by Crippen LogP contribution is -1.92. The minimum absolute atomic E-state index is 0.295. The van der Waals surface area contributed by atoms with Gasteiger partial charge in [-0.15, -0.1) is 0 Å². The Hall–Kier alpha value is -2.55. The van der Waals surface area contributed by atoms with E-state index in [4.69, 9.17) is 14.5 Å². The van der Waals surface area contributed by atoms with Gasteiger partial charge < -0.3 is 9.47 Å². The van der Waals surface area contributed by atoms with Crippen LogP contribution in [0.2, 0.25) is 0 Å². The van der Waals surface area contributed by atoms with Gasteiger partial charge in [-0.25, -0.2) is 4.98 Å². The lowest BCUT2D eigenvalue weighted by Gasteiger charge is -2.05. The van der Waals surface area contributed by atoms with E-state index in [9.17, 15) is 0 Å². The zero-order chi connectivity index (χ0) is 13.5. The molecule has 0 amide bonds. The van der Waals surface area contributed by atoms with Gasteiger partial charge in [0.05, 0.1) is 11.2 Å². The van der Waals surface area contributed by atoms with Gasteiger partial charge in [-0.3, -0.25) is 0 Å². The molecule has 0 aliphatic carbocycles. The number of benzene rings is 2. The van der Waals surface area contributed by atoms with Gasteiger partial charge in [0.25, 0.3) is 0 Å². The smallest absolute Gasteiger partial charge is 0.231 e. The van der Waals surface area contributed by atoms with Crippen molar-refractivity contribution in [2.24, 2.45) is 0 Å². The van der Waals surface area contributed by atoms with Crippen LogP contribution in [0.4, 0.5) is 0 Å². The molecule has 1 aliphatic heterocycles. The Morgan fingerprint density at radius 3 is 2.70 bits per heavy atom. The first-order valence-corrected chi connectivity index (χ1v) is 6.57. The number of hydrogen-bond acceptors (Lipinski definition) is 3. The van der Waals surface area contributed by atoms with E-state index in [0.29, 0.717) is 6.79 Å². The molecule has 0 N–H and O–H groups in total. The molecule has 3 aromatic rings. The normalized spacial score (nSPS) is 12.8. The van der Waals surface area contributed by atoms with Crippen LogP contribution in [0.1, 0.15) is 5.56 Å². The van der Waals surface area contributed by atoms with Crippen LogP contribution in [0.25, 0.3) is 22.2 Å². The molecule has 3 nitrogen and oxygen atoms in total. The molecule has 0 radical (unpaired) electrons. The SMILES string of the molecule is Cc1ccc2ccc(-c3ccc4c(c3)OCO4)nc2c1. The maximum atomic E-state index is 5.42. The van der Waals surface area contributed by atoms with Crippen LogP contribution in [-0.4, -0.2) is 11.8 Å². The van der Waals surface area contributed by atoms with Crippen molar-refractivity contribution < 1.29 is 9.47 Å². The summed E-state index contributed by atoms with van der Waals surface area (Å²) in [4.78, 5) is 4.74. The minimum atomic E-state index is 0.295. The van der Waals surface area contributed by atoms with Crippen molar-refractivity contribution in [2.45, 2.75) is 6.92 Å². The molecule has 0 unspecified atom stereocenters. The van der Waals surface area contributed by atoms with Gasteiger partial charge in [-0.05, 0) is 42.8 Å². The van der Waals surface area contributed by atoms with Gasteiger partial charge in [0.2, 0.25) is 6.79 Å². The third-order valence-electron chi connectivity index (χ3n) is 3.52. The molecular weight excluding hydrogens is 250 g/mol. The molecule has 0 fully saturated rings. The molecule has 0 atom stereocenters. The standard InChI is InChI=1S/C17H13NO2/c1-11-2-3-12-4-6-14(18-15(12)8-11)13-5-7-16-17(9-13)20-10-19-16/h2-9H,10H2,1H3. The highest BCUT2D eigenvalue weighted by atomic mass is 16.7. The average Bonchev–Trinajstić information content (AvgIpc) is 2.93. The summed E-state index contributed by atoms with van der Waals surface area (Å²) in [5, 5.41) is 1.15. The molecule has 98 valence electrons. The highest BCUT2D eigenvalue weighted by Gasteiger charge is 2.14. The summed E-state index contributed by atoms with van der Waals surface area (Å²) in [5.74, 6) is 1.58. The van der Waals surface area contributed by atoms with E-state index in [2.05, 4.69) is 31.2 Å². The van der Waals surface area contributed by atoms with E-state index in [1.807, 2.05) is 24.3 Å². The summed E-state index contributed by atoms with van der Waals surface area (Å²) in [5.41, 5.74) is 4.21. The monoisotopic (exact) mass is 263 g/mol. The topological polar surface area (TPSA) is 31.4 Å². The lowest BCUT2D eigenvalue weighted by molar-refractivity contribution is 0.174. The number of rotatable bonds is 1. The molecule has 3 heteroatoms. The van der Waals surface area contributed by atoms with Crippen molar-refractivity contribution in [3.05, 3.63) is 54.1 Å². The van der Waals surface area contributed by atoms with Gasteiger partial charge >= 0.3 is 0 Å². The largest absolute Gasteiger partial charge is 0.454 e. The van der Waals surface area contributed by atoms with Crippen LogP contribution in [0.15, 0.2) is 48.5 Å². The molecule has 1 aliphatic rings. The second kappa shape index (κ2) is 4.23. The fourth-order valence-electron chi connectivity index (χ4n) is 2.44. The Morgan fingerprint density at radius 1 is 0.900 bits per heavy atom. The summed E-state index contributed by atoms with van der Waals surface area (Å²) in [6.07, 6.45) is 0. The van der Waals surface area contributed by atoms with E-state index in [1.165, 1.54) is 5.56 Å². The maximum absolute atomic E-state index is 5.42. The van der Waals surface area contributed by atoms with Crippen LogP contribution in [0, 0.1) is 6.92 Å². The van der Waals surface area contributed by atoms with Crippen molar-refractivity contribution in [3.8, 4) is 22.8 Å². The Labute approximate surface area is 116 Å². The number of nitrogens with zero attached hydrogens (tertiary/aromatic N) is 1. The Balaban J connectivity index is 1.85. The summed E-state index contributed by atoms with van der Waals surface area (Å²) >= 11 is 0. The highest BCUT2D eigenvalue weighted by molar-refractivity contribution is 5.82. The second-order valence-electron chi connectivity index (χ2n) is 4.96. The van der Waals surface area contributed by atoms with Gasteiger partial charge in [-0.1, -0.05) is 18.2 Å². The quantitative estimate of drug-likeness (QED) is 0.666. The average molecular weight is 263 g/mol.